The van der Waals surface area contributed by atoms with Crippen LogP contribution in [-0.2, 0) is 16.6 Å². The van der Waals surface area contributed by atoms with Crippen LogP contribution in [0.25, 0.3) is 0 Å². The van der Waals surface area contributed by atoms with E-state index in [1.54, 1.807) is 5.51 Å². The van der Waals surface area contributed by atoms with E-state index in [-0.39, 0.29) is 17.1 Å². The molecule has 1 aromatic heterocycles. The summed E-state index contributed by atoms with van der Waals surface area (Å²) in [7, 11) is -2.13. The molecule has 6 nitrogen and oxygen atoms in total. The van der Waals surface area contributed by atoms with Gasteiger partial charge in [-0.2, -0.15) is 0 Å². The van der Waals surface area contributed by atoms with Crippen molar-refractivity contribution in [3.8, 4) is 5.75 Å². The number of hydrogen-bond donors (Lipinski definition) is 2. The summed E-state index contributed by atoms with van der Waals surface area (Å²) >= 11 is 1.41. The van der Waals surface area contributed by atoms with Gasteiger partial charge in [-0.05, 0) is 25.1 Å². The second-order valence-electron chi connectivity index (χ2n) is 4.09. The number of hydrogen-bond acceptors (Lipinski definition) is 6. The fourth-order valence-corrected chi connectivity index (χ4v) is 3.46. The maximum absolute atomic E-state index is 12.2. The van der Waals surface area contributed by atoms with Crippen molar-refractivity contribution in [3.05, 3.63) is 34.3 Å². The fraction of sp³-hybridized carbons (Fsp3) is 0.250. The number of anilines is 1. The van der Waals surface area contributed by atoms with E-state index < -0.39 is 10.0 Å². The first kappa shape index (κ1) is 14.8. The second kappa shape index (κ2) is 5.78. The Morgan fingerprint density at radius 1 is 1.45 bits per heavy atom. The number of sulfonamides is 1. The topological polar surface area (TPSA) is 94.3 Å². The number of ether oxygens (including phenoxy) is 1. The summed E-state index contributed by atoms with van der Waals surface area (Å²) in [4.78, 5) is 5.07. The van der Waals surface area contributed by atoms with Gasteiger partial charge in [-0.25, -0.2) is 18.1 Å². The number of methoxy groups -OCH3 is 1. The molecular formula is C12H15N3O3S2. The lowest BCUT2D eigenvalue weighted by Gasteiger charge is -2.09. The average molecular weight is 313 g/mol. The van der Waals surface area contributed by atoms with Crippen molar-refractivity contribution in [1.82, 2.24) is 9.71 Å². The first-order valence-corrected chi connectivity index (χ1v) is 8.12. The van der Waals surface area contributed by atoms with Gasteiger partial charge in [0.25, 0.3) is 0 Å². The van der Waals surface area contributed by atoms with E-state index in [1.807, 2.05) is 6.92 Å². The molecule has 0 radical (unpaired) electrons. The Morgan fingerprint density at radius 2 is 2.20 bits per heavy atom. The largest absolute Gasteiger partial charge is 0.495 e. The molecule has 108 valence electrons. The number of aryl methyl sites for hydroxylation is 1. The molecule has 0 amide bonds. The molecule has 0 atom stereocenters. The summed E-state index contributed by atoms with van der Waals surface area (Å²) in [5, 5.41) is 0. The predicted octanol–water partition coefficient (Wildman–Crippen LogP) is 1.52. The highest BCUT2D eigenvalue weighted by molar-refractivity contribution is 7.89. The minimum absolute atomic E-state index is 0.109. The Labute approximate surface area is 121 Å². The van der Waals surface area contributed by atoms with Crippen molar-refractivity contribution in [2.75, 3.05) is 12.8 Å². The van der Waals surface area contributed by atoms with Crippen LogP contribution >= 0.6 is 11.3 Å². The number of thiazole rings is 1. The molecule has 2 rings (SSSR count). The van der Waals surface area contributed by atoms with Gasteiger partial charge in [0, 0.05) is 11.4 Å². The molecule has 3 N–H and O–H groups in total. The third-order valence-electron chi connectivity index (χ3n) is 2.78. The lowest BCUT2D eigenvalue weighted by Crippen LogP contribution is -2.23. The van der Waals surface area contributed by atoms with E-state index in [9.17, 15) is 8.42 Å². The Morgan fingerprint density at radius 3 is 2.75 bits per heavy atom. The molecule has 0 unspecified atom stereocenters. The van der Waals surface area contributed by atoms with Crippen LogP contribution in [0.1, 0.15) is 10.6 Å². The second-order valence-corrected chi connectivity index (χ2v) is 6.80. The molecule has 1 heterocycles. The molecule has 0 aliphatic carbocycles. The fourth-order valence-electron chi connectivity index (χ4n) is 1.62. The third-order valence-corrected chi connectivity index (χ3v) is 5.11. The lowest BCUT2D eigenvalue weighted by atomic mass is 10.3. The highest BCUT2D eigenvalue weighted by Gasteiger charge is 2.16. The van der Waals surface area contributed by atoms with Gasteiger partial charge in [-0.15, -0.1) is 11.3 Å². The van der Waals surface area contributed by atoms with Gasteiger partial charge >= 0.3 is 0 Å². The van der Waals surface area contributed by atoms with Gasteiger partial charge in [0.05, 0.1) is 28.9 Å². The summed E-state index contributed by atoms with van der Waals surface area (Å²) < 4.78 is 31.9. The van der Waals surface area contributed by atoms with Gasteiger partial charge < -0.3 is 10.5 Å². The standard InChI is InChI=1S/C12H15N3O3S2/c1-8-12(19-7-14-8)6-15-20(16,17)9-3-4-11(18-2)10(13)5-9/h3-5,7,15H,6,13H2,1-2H3. The average Bonchev–Trinajstić information content (AvgIpc) is 2.82. The first-order chi connectivity index (χ1) is 9.44. The van der Waals surface area contributed by atoms with E-state index in [2.05, 4.69) is 9.71 Å². The zero-order valence-electron chi connectivity index (χ0n) is 11.1. The molecule has 0 fully saturated rings. The van der Waals surface area contributed by atoms with E-state index >= 15 is 0 Å². The quantitative estimate of drug-likeness (QED) is 0.816. The van der Waals surface area contributed by atoms with Crippen LogP contribution < -0.4 is 15.2 Å². The van der Waals surface area contributed by atoms with Crippen LogP contribution in [-0.4, -0.2) is 20.5 Å². The SMILES string of the molecule is COc1ccc(S(=O)(=O)NCc2scnc2C)cc1N. The van der Waals surface area contributed by atoms with Crippen LogP contribution in [0, 0.1) is 6.92 Å². The van der Waals surface area contributed by atoms with Gasteiger partial charge in [0.1, 0.15) is 5.75 Å². The van der Waals surface area contributed by atoms with E-state index in [0.29, 0.717) is 5.75 Å². The predicted molar refractivity (Wildman–Crippen MR) is 78.3 cm³/mol. The highest BCUT2D eigenvalue weighted by atomic mass is 32.2. The minimum Gasteiger partial charge on any atom is -0.495 e. The maximum Gasteiger partial charge on any atom is 0.240 e. The lowest BCUT2D eigenvalue weighted by molar-refractivity contribution is 0.416. The normalized spacial score (nSPS) is 11.5. The van der Waals surface area contributed by atoms with Crippen LogP contribution in [0.2, 0.25) is 0 Å². The summed E-state index contributed by atoms with van der Waals surface area (Å²) in [6, 6.07) is 4.36. The number of benzene rings is 1. The maximum atomic E-state index is 12.2. The summed E-state index contributed by atoms with van der Waals surface area (Å²) in [6.45, 7) is 2.05. The Balaban J connectivity index is 2.18. The smallest absolute Gasteiger partial charge is 0.240 e. The Hall–Kier alpha value is -1.64. The van der Waals surface area contributed by atoms with E-state index in [1.165, 1.54) is 36.6 Å². The summed E-state index contributed by atoms with van der Waals surface area (Å²) in [6.07, 6.45) is 0. The molecule has 0 spiro atoms. The molecule has 1 aromatic carbocycles. The summed E-state index contributed by atoms with van der Waals surface area (Å²) in [5.74, 6) is 0.447. The number of nitrogen functional groups attached to an aromatic ring is 1. The minimum atomic E-state index is -3.61. The van der Waals surface area contributed by atoms with Crippen LogP contribution in [0.5, 0.6) is 5.75 Å². The van der Waals surface area contributed by atoms with E-state index in [0.717, 1.165) is 10.6 Å². The first-order valence-electron chi connectivity index (χ1n) is 5.76. The van der Waals surface area contributed by atoms with Crippen molar-refractivity contribution in [2.24, 2.45) is 0 Å². The van der Waals surface area contributed by atoms with Crippen molar-refractivity contribution in [3.63, 3.8) is 0 Å². The van der Waals surface area contributed by atoms with Gasteiger partial charge in [0.15, 0.2) is 0 Å². The molecule has 0 aliphatic heterocycles. The van der Waals surface area contributed by atoms with Crippen molar-refractivity contribution in [1.29, 1.82) is 0 Å². The number of rotatable bonds is 5. The molecule has 8 heteroatoms. The molecule has 0 bridgehead atoms. The molecule has 0 aliphatic rings. The molecule has 0 saturated carbocycles. The zero-order chi connectivity index (χ0) is 14.8. The summed E-state index contributed by atoms with van der Waals surface area (Å²) in [5.41, 5.74) is 8.51. The highest BCUT2D eigenvalue weighted by Crippen LogP contribution is 2.24. The molecule has 2 aromatic rings. The number of nitrogens with zero attached hydrogens (tertiary/aromatic N) is 1. The zero-order valence-corrected chi connectivity index (χ0v) is 12.7. The number of nitrogens with two attached hydrogens (primary N) is 1. The Bertz CT molecular complexity index is 710. The van der Waals surface area contributed by atoms with Crippen molar-refractivity contribution >= 4 is 27.0 Å². The van der Waals surface area contributed by atoms with Gasteiger partial charge in [-0.1, -0.05) is 0 Å². The van der Waals surface area contributed by atoms with Crippen LogP contribution in [0.15, 0.2) is 28.6 Å². The van der Waals surface area contributed by atoms with E-state index in [4.69, 9.17) is 10.5 Å². The molecular weight excluding hydrogens is 298 g/mol. The van der Waals surface area contributed by atoms with Gasteiger partial charge in [-0.3, -0.25) is 0 Å². The molecule has 0 saturated heterocycles. The third kappa shape index (κ3) is 3.09. The van der Waals surface area contributed by atoms with Gasteiger partial charge in [0.2, 0.25) is 10.0 Å². The van der Waals surface area contributed by atoms with Crippen molar-refractivity contribution < 1.29 is 13.2 Å². The molecule has 20 heavy (non-hydrogen) atoms. The number of nitrogens with one attached hydrogen (secondary N) is 1. The monoisotopic (exact) mass is 313 g/mol. The number of aromatic nitrogens is 1. The van der Waals surface area contributed by atoms with Crippen LogP contribution in [0.3, 0.4) is 0 Å². The Kier molecular flexibility index (Phi) is 4.26. The van der Waals surface area contributed by atoms with Crippen LogP contribution in [0.4, 0.5) is 5.69 Å². The van der Waals surface area contributed by atoms with Crippen molar-refractivity contribution in [2.45, 2.75) is 18.4 Å².